The molecule has 8 nitrogen and oxygen atoms in total. The number of hydrogen-bond donors (Lipinski definition) is 1. The highest BCUT2D eigenvalue weighted by Crippen LogP contribution is 2.41. The quantitative estimate of drug-likeness (QED) is 0.339. The molecule has 0 saturated heterocycles. The van der Waals surface area contributed by atoms with Crippen molar-refractivity contribution in [3.63, 3.8) is 0 Å². The molecule has 1 amide bonds. The van der Waals surface area contributed by atoms with Gasteiger partial charge in [-0.15, -0.1) is 0 Å². The largest absolute Gasteiger partial charge is 0.503 e. The first-order valence-corrected chi connectivity index (χ1v) is 12.7. The average Bonchev–Trinajstić information content (AvgIpc) is 3.62. The summed E-state index contributed by atoms with van der Waals surface area (Å²) in [5.74, 6) is -0.966. The Morgan fingerprint density at radius 2 is 1.97 bits per heavy atom. The van der Waals surface area contributed by atoms with Crippen molar-refractivity contribution < 1.29 is 19.1 Å². The Balaban J connectivity index is 1.51. The van der Waals surface area contributed by atoms with E-state index in [1.54, 1.807) is 17.0 Å². The maximum absolute atomic E-state index is 13.9. The molecule has 182 valence electrons. The molecule has 0 spiro atoms. The minimum atomic E-state index is -0.771. The number of furan rings is 1. The van der Waals surface area contributed by atoms with Crippen LogP contribution in [0.4, 0.5) is 0 Å². The first-order valence-electron chi connectivity index (χ1n) is 11.9. The topological polar surface area (TPSA) is 91.3 Å². The van der Waals surface area contributed by atoms with Gasteiger partial charge in [-0.25, -0.2) is 4.98 Å². The predicted octanol–water partition coefficient (Wildman–Crippen LogP) is 4.76. The Bertz CT molecular complexity index is 1430. The first kappa shape index (κ1) is 23.3. The maximum atomic E-state index is 13.9. The Hall–Kier alpha value is -3.43. The monoisotopic (exact) mass is 492 g/mol. The molecule has 5 rings (SSSR count). The van der Waals surface area contributed by atoms with Crippen LogP contribution in [0, 0.1) is 6.92 Å². The summed E-state index contributed by atoms with van der Waals surface area (Å²) in [4.78, 5) is 36.6. The number of hydrogen-bond acceptors (Lipinski definition) is 7. The van der Waals surface area contributed by atoms with E-state index in [2.05, 4.69) is 23.7 Å². The number of benzene rings is 1. The number of carbonyl (C=O) groups excluding carboxylic acids is 2. The van der Waals surface area contributed by atoms with Crippen LogP contribution in [0.5, 0.6) is 0 Å². The number of imidazole rings is 1. The van der Waals surface area contributed by atoms with Crippen molar-refractivity contribution in [2.24, 2.45) is 0 Å². The van der Waals surface area contributed by atoms with Gasteiger partial charge in [0, 0.05) is 12.2 Å². The molecule has 0 saturated carbocycles. The first-order chi connectivity index (χ1) is 17.0. The van der Waals surface area contributed by atoms with Crippen molar-refractivity contribution in [2.75, 3.05) is 26.2 Å². The van der Waals surface area contributed by atoms with E-state index in [-0.39, 0.29) is 11.4 Å². The van der Waals surface area contributed by atoms with E-state index >= 15 is 0 Å². The molecule has 9 heteroatoms. The molecule has 35 heavy (non-hydrogen) atoms. The fourth-order valence-corrected chi connectivity index (χ4v) is 5.95. The van der Waals surface area contributed by atoms with E-state index in [1.807, 2.05) is 35.6 Å². The van der Waals surface area contributed by atoms with Gasteiger partial charge in [-0.2, -0.15) is 0 Å². The summed E-state index contributed by atoms with van der Waals surface area (Å²) in [5.41, 5.74) is 2.56. The second kappa shape index (κ2) is 9.31. The third-order valence-corrected chi connectivity index (χ3v) is 7.86. The molecule has 0 fully saturated rings. The van der Waals surface area contributed by atoms with Crippen LogP contribution in [0.3, 0.4) is 0 Å². The van der Waals surface area contributed by atoms with Crippen LogP contribution in [0.2, 0.25) is 0 Å². The number of nitrogens with zero attached hydrogens (tertiary/aromatic N) is 4. The molecule has 1 atom stereocenters. The van der Waals surface area contributed by atoms with Gasteiger partial charge in [0.25, 0.3) is 5.91 Å². The molecular formula is C26H28N4O4S. The summed E-state index contributed by atoms with van der Waals surface area (Å²) in [6, 6.07) is 10.4. The van der Waals surface area contributed by atoms with Crippen LogP contribution in [0.1, 0.15) is 47.4 Å². The lowest BCUT2D eigenvalue weighted by Gasteiger charge is -2.26. The van der Waals surface area contributed by atoms with Crippen LogP contribution in [0.15, 0.2) is 58.4 Å². The summed E-state index contributed by atoms with van der Waals surface area (Å²) in [6.45, 7) is 9.14. The molecule has 1 aliphatic rings. The van der Waals surface area contributed by atoms with E-state index in [0.29, 0.717) is 22.1 Å². The van der Waals surface area contributed by atoms with Crippen molar-refractivity contribution in [2.45, 2.75) is 33.2 Å². The fraction of sp³-hybridized carbons (Fsp3) is 0.346. The van der Waals surface area contributed by atoms with Gasteiger partial charge in [-0.05, 0) is 57.2 Å². The highest BCUT2D eigenvalue weighted by Gasteiger charge is 2.45. The van der Waals surface area contributed by atoms with Gasteiger partial charge in [0.1, 0.15) is 11.8 Å². The van der Waals surface area contributed by atoms with Gasteiger partial charge >= 0.3 is 0 Å². The number of fused-ring (bicyclic) bond motifs is 3. The van der Waals surface area contributed by atoms with Crippen LogP contribution in [0.25, 0.3) is 16.0 Å². The highest BCUT2D eigenvalue weighted by atomic mass is 32.1. The minimum absolute atomic E-state index is 0.0599. The SMILES string of the molecule is CCN(CC)CCCN1C(=O)C(O)=C(C(=O)c2sc3nc4ccccc4n3c2C)C1c1ccco1. The van der Waals surface area contributed by atoms with Crippen LogP contribution in [-0.4, -0.2) is 62.2 Å². The van der Waals surface area contributed by atoms with Crippen LogP contribution in [-0.2, 0) is 4.79 Å². The van der Waals surface area contributed by atoms with Crippen molar-refractivity contribution in [1.29, 1.82) is 0 Å². The number of para-hydroxylation sites is 2. The number of rotatable bonds is 9. The number of thiazole rings is 1. The summed E-state index contributed by atoms with van der Waals surface area (Å²) in [5, 5.41) is 10.9. The summed E-state index contributed by atoms with van der Waals surface area (Å²) < 4.78 is 7.60. The van der Waals surface area contributed by atoms with Crippen LogP contribution >= 0.6 is 11.3 Å². The number of aromatic nitrogens is 2. The lowest BCUT2D eigenvalue weighted by molar-refractivity contribution is -0.129. The van der Waals surface area contributed by atoms with E-state index in [1.165, 1.54) is 17.6 Å². The average molecular weight is 493 g/mol. The van der Waals surface area contributed by atoms with Crippen LogP contribution < -0.4 is 0 Å². The number of amides is 1. The van der Waals surface area contributed by atoms with E-state index in [4.69, 9.17) is 4.42 Å². The summed E-state index contributed by atoms with van der Waals surface area (Å²) in [7, 11) is 0. The summed E-state index contributed by atoms with van der Waals surface area (Å²) >= 11 is 1.27. The fourth-order valence-electron chi connectivity index (χ4n) is 4.86. The molecule has 1 aliphatic heterocycles. The molecule has 1 aromatic carbocycles. The molecule has 4 aromatic rings. The number of aliphatic hydroxyl groups is 1. The number of ketones is 1. The maximum Gasteiger partial charge on any atom is 0.290 e. The zero-order chi connectivity index (χ0) is 24.7. The van der Waals surface area contributed by atoms with Gasteiger partial charge in [-0.1, -0.05) is 37.3 Å². The third-order valence-electron chi connectivity index (χ3n) is 6.72. The van der Waals surface area contributed by atoms with Crippen molar-refractivity contribution >= 4 is 39.0 Å². The zero-order valence-electron chi connectivity index (χ0n) is 20.0. The Kier molecular flexibility index (Phi) is 6.21. The number of carbonyl (C=O) groups is 2. The minimum Gasteiger partial charge on any atom is -0.503 e. The predicted molar refractivity (Wildman–Crippen MR) is 135 cm³/mol. The van der Waals surface area contributed by atoms with Crippen molar-refractivity contribution in [3.8, 4) is 0 Å². The molecule has 1 N–H and O–H groups in total. The Labute approximate surface area is 207 Å². The third kappa shape index (κ3) is 3.84. The smallest absolute Gasteiger partial charge is 0.290 e. The van der Waals surface area contributed by atoms with Gasteiger partial charge < -0.3 is 19.3 Å². The molecule has 0 aliphatic carbocycles. The highest BCUT2D eigenvalue weighted by molar-refractivity contribution is 7.19. The standard InChI is InChI=1S/C26H28N4O4S/c1-4-28(5-2)13-9-14-29-21(19-12-8-15-34-19)20(23(32)25(29)33)22(31)24-16(3)30-18-11-7-6-10-17(18)27-26(30)35-24/h6-8,10-12,15,21,32H,4-5,9,13-14H2,1-3H3. The Morgan fingerprint density at radius 1 is 1.20 bits per heavy atom. The lowest BCUT2D eigenvalue weighted by atomic mass is 9.99. The summed E-state index contributed by atoms with van der Waals surface area (Å²) in [6.07, 6.45) is 2.24. The number of Topliss-reactive ketones (excluding diaryl/α,β-unsaturated/α-hetero) is 1. The zero-order valence-corrected chi connectivity index (χ0v) is 20.8. The molecule has 1 unspecified atom stereocenters. The van der Waals surface area contributed by atoms with E-state index < -0.39 is 17.7 Å². The second-order valence-electron chi connectivity index (χ2n) is 8.62. The van der Waals surface area contributed by atoms with E-state index in [9.17, 15) is 14.7 Å². The van der Waals surface area contributed by atoms with Gasteiger partial charge in [0.15, 0.2) is 10.7 Å². The lowest BCUT2D eigenvalue weighted by Crippen LogP contribution is -2.34. The second-order valence-corrected chi connectivity index (χ2v) is 9.60. The molecule has 3 aromatic heterocycles. The molecule has 0 radical (unpaired) electrons. The Morgan fingerprint density at radius 3 is 2.69 bits per heavy atom. The number of aryl methyl sites for hydroxylation is 1. The van der Waals surface area contributed by atoms with Crippen molar-refractivity contribution in [1.82, 2.24) is 19.2 Å². The van der Waals surface area contributed by atoms with Gasteiger partial charge in [0.05, 0.1) is 27.7 Å². The number of aliphatic hydroxyl groups excluding tert-OH is 1. The molecule has 0 bridgehead atoms. The van der Waals surface area contributed by atoms with Crippen molar-refractivity contribution in [3.05, 3.63) is 70.3 Å². The van der Waals surface area contributed by atoms with Gasteiger partial charge in [0.2, 0.25) is 5.78 Å². The van der Waals surface area contributed by atoms with E-state index in [0.717, 1.165) is 42.8 Å². The molecule has 4 heterocycles. The van der Waals surface area contributed by atoms with Gasteiger partial charge in [-0.3, -0.25) is 14.0 Å². The normalized spacial score (nSPS) is 16.5. The molecular weight excluding hydrogens is 464 g/mol.